The first-order chi connectivity index (χ1) is 18.2. The van der Waals surface area contributed by atoms with E-state index in [1.165, 1.54) is 36.4 Å². The summed E-state index contributed by atoms with van der Waals surface area (Å²) < 4.78 is 33.9. The molecule has 2 N–H and O–H groups in total. The SMILES string of the molecule is CCOC(=O)C1=C(N2C(=O)c3c(Cl)ccc(NS(=O)(=O)c4ccc(C(C)(C)C)cc4)c3C2=O)C=CC(C)N1O. The Morgan fingerprint density at radius 2 is 1.69 bits per heavy atom. The zero-order valence-electron chi connectivity index (χ0n) is 22.0. The quantitative estimate of drug-likeness (QED) is 0.382. The third-order valence-electron chi connectivity index (χ3n) is 6.36. The molecule has 0 aliphatic carbocycles. The molecule has 39 heavy (non-hydrogen) atoms. The van der Waals surface area contributed by atoms with Gasteiger partial charge in [0.1, 0.15) is 0 Å². The summed E-state index contributed by atoms with van der Waals surface area (Å²) in [6.07, 6.45) is 2.83. The van der Waals surface area contributed by atoms with Crippen molar-refractivity contribution in [2.24, 2.45) is 0 Å². The zero-order valence-corrected chi connectivity index (χ0v) is 23.6. The van der Waals surface area contributed by atoms with Crippen LogP contribution < -0.4 is 4.72 Å². The van der Waals surface area contributed by atoms with E-state index in [1.54, 1.807) is 26.0 Å². The van der Waals surface area contributed by atoms with Crippen molar-refractivity contribution in [2.45, 2.75) is 51.0 Å². The highest BCUT2D eigenvalue weighted by molar-refractivity contribution is 7.92. The molecule has 10 nitrogen and oxygen atoms in total. The lowest BCUT2D eigenvalue weighted by Crippen LogP contribution is -2.40. The van der Waals surface area contributed by atoms with Crippen LogP contribution in [0.5, 0.6) is 0 Å². The molecule has 12 heteroatoms. The molecule has 2 aliphatic heterocycles. The average molecular weight is 574 g/mol. The van der Waals surface area contributed by atoms with Crippen LogP contribution in [0.2, 0.25) is 5.02 Å². The van der Waals surface area contributed by atoms with Crippen molar-refractivity contribution >= 4 is 45.1 Å². The number of anilines is 1. The summed E-state index contributed by atoms with van der Waals surface area (Å²) in [5.74, 6) is -2.77. The highest BCUT2D eigenvalue weighted by atomic mass is 35.5. The molecule has 0 spiro atoms. The number of nitrogens with zero attached hydrogens (tertiary/aromatic N) is 2. The van der Waals surface area contributed by atoms with Gasteiger partial charge in [-0.3, -0.25) is 19.5 Å². The van der Waals surface area contributed by atoms with E-state index >= 15 is 0 Å². The van der Waals surface area contributed by atoms with Crippen LogP contribution in [0.1, 0.15) is 60.9 Å². The number of hydrogen-bond acceptors (Lipinski definition) is 8. The Morgan fingerprint density at radius 1 is 1.08 bits per heavy atom. The van der Waals surface area contributed by atoms with Crippen molar-refractivity contribution in [3.8, 4) is 0 Å². The largest absolute Gasteiger partial charge is 0.461 e. The molecule has 0 aromatic heterocycles. The maximum Gasteiger partial charge on any atom is 0.359 e. The molecule has 0 saturated carbocycles. The topological polar surface area (TPSA) is 133 Å². The van der Waals surface area contributed by atoms with Crippen molar-refractivity contribution < 1.29 is 32.7 Å². The van der Waals surface area contributed by atoms with E-state index < -0.39 is 39.5 Å². The van der Waals surface area contributed by atoms with E-state index in [0.717, 1.165) is 5.56 Å². The lowest BCUT2D eigenvalue weighted by molar-refractivity contribution is -0.150. The number of allylic oxidation sites excluding steroid dienone is 1. The highest BCUT2D eigenvalue weighted by Gasteiger charge is 2.44. The molecule has 0 fully saturated rings. The summed E-state index contributed by atoms with van der Waals surface area (Å²) in [5.41, 5.74) is -0.588. The number of hydrogen-bond donors (Lipinski definition) is 2. The molecule has 2 aliphatic rings. The van der Waals surface area contributed by atoms with Crippen molar-refractivity contribution in [3.63, 3.8) is 0 Å². The Labute approximate surface area is 231 Å². The number of benzene rings is 2. The highest BCUT2D eigenvalue weighted by Crippen LogP contribution is 2.39. The van der Waals surface area contributed by atoms with Crippen molar-refractivity contribution in [3.05, 3.63) is 81.7 Å². The molecule has 0 radical (unpaired) electrons. The smallest absolute Gasteiger partial charge is 0.359 e. The lowest BCUT2D eigenvalue weighted by Gasteiger charge is -2.31. The summed E-state index contributed by atoms with van der Waals surface area (Å²) in [5, 5.41) is 11.1. The molecule has 206 valence electrons. The molecule has 2 heterocycles. The standard InChI is InChI=1S/C27H28ClN3O7S/c1-6-38-26(34)23-20(14-7-15(2)31(23)35)30-24(32)21-18(28)12-13-19(22(21)25(30)33)29-39(36,37)17-10-8-16(9-11-17)27(3,4)5/h7-15,29,35H,6H2,1-5H3. The van der Waals surface area contributed by atoms with Gasteiger partial charge in [-0.2, -0.15) is 0 Å². The molecule has 1 unspecified atom stereocenters. The van der Waals surface area contributed by atoms with Gasteiger partial charge in [-0.05, 0) is 55.2 Å². The number of fused-ring (bicyclic) bond motifs is 1. The van der Waals surface area contributed by atoms with Gasteiger partial charge in [0, 0.05) is 0 Å². The van der Waals surface area contributed by atoms with Gasteiger partial charge in [-0.15, -0.1) is 0 Å². The van der Waals surface area contributed by atoms with Crippen LogP contribution in [-0.2, 0) is 25.0 Å². The number of nitrogens with one attached hydrogen (secondary N) is 1. The van der Waals surface area contributed by atoms with E-state index in [0.29, 0.717) is 9.96 Å². The molecular weight excluding hydrogens is 546 g/mol. The maximum absolute atomic E-state index is 13.7. The Bertz CT molecular complexity index is 1540. The predicted molar refractivity (Wildman–Crippen MR) is 144 cm³/mol. The Balaban J connectivity index is 1.78. The summed E-state index contributed by atoms with van der Waals surface area (Å²) >= 11 is 6.29. The molecule has 0 bridgehead atoms. The number of halogens is 1. The van der Waals surface area contributed by atoms with Crippen LogP contribution in [0.3, 0.4) is 0 Å². The minimum Gasteiger partial charge on any atom is -0.461 e. The van der Waals surface area contributed by atoms with Gasteiger partial charge in [0.05, 0.1) is 45.1 Å². The maximum atomic E-state index is 13.7. The van der Waals surface area contributed by atoms with Crippen LogP contribution in [0.15, 0.2) is 64.8 Å². The average Bonchev–Trinajstić information content (AvgIpc) is 3.13. The van der Waals surface area contributed by atoms with E-state index in [9.17, 15) is 28.0 Å². The van der Waals surface area contributed by atoms with Crippen molar-refractivity contribution in [1.82, 2.24) is 9.96 Å². The van der Waals surface area contributed by atoms with E-state index in [2.05, 4.69) is 4.72 Å². The first-order valence-corrected chi connectivity index (χ1v) is 14.0. The van der Waals surface area contributed by atoms with E-state index in [1.807, 2.05) is 20.8 Å². The van der Waals surface area contributed by atoms with Crippen molar-refractivity contribution in [1.29, 1.82) is 0 Å². The van der Waals surface area contributed by atoms with Gasteiger partial charge in [0.2, 0.25) is 0 Å². The molecule has 2 amide bonds. The van der Waals surface area contributed by atoms with Gasteiger partial charge in [0.15, 0.2) is 5.70 Å². The normalized spacial score (nSPS) is 17.6. The van der Waals surface area contributed by atoms with Crippen molar-refractivity contribution in [2.75, 3.05) is 11.3 Å². The Kier molecular flexibility index (Phi) is 7.37. The minimum absolute atomic E-state index is 0.0157. The number of imide groups is 1. The van der Waals surface area contributed by atoms with Gasteiger partial charge in [0.25, 0.3) is 21.8 Å². The molecule has 2 aromatic carbocycles. The fourth-order valence-corrected chi connectivity index (χ4v) is 5.57. The first kappa shape index (κ1) is 28.3. The van der Waals surface area contributed by atoms with E-state index in [4.69, 9.17) is 16.3 Å². The minimum atomic E-state index is -4.16. The zero-order chi connectivity index (χ0) is 28.9. The molecular formula is C27H28ClN3O7S. The number of carbonyl (C=O) groups is 3. The van der Waals surface area contributed by atoms with E-state index in [-0.39, 0.29) is 44.5 Å². The fraction of sp³-hybridized carbons (Fsp3) is 0.296. The van der Waals surface area contributed by atoms with Gasteiger partial charge in [-0.25, -0.2) is 23.2 Å². The van der Waals surface area contributed by atoms with Crippen LogP contribution in [0.4, 0.5) is 5.69 Å². The molecule has 0 saturated heterocycles. The number of sulfonamides is 1. The second kappa shape index (κ2) is 10.1. The number of amides is 2. The number of esters is 1. The third kappa shape index (κ3) is 5.05. The van der Waals surface area contributed by atoms with Gasteiger partial charge < -0.3 is 4.74 Å². The number of ether oxygens (including phenoxy) is 1. The number of rotatable bonds is 6. The van der Waals surface area contributed by atoms with Crippen LogP contribution in [0, 0.1) is 0 Å². The third-order valence-corrected chi connectivity index (χ3v) is 8.06. The summed E-state index contributed by atoms with van der Waals surface area (Å²) in [4.78, 5) is 40.5. The predicted octanol–water partition coefficient (Wildman–Crippen LogP) is 4.46. The second-order valence-corrected chi connectivity index (χ2v) is 12.2. The van der Waals surface area contributed by atoms with Crippen LogP contribution >= 0.6 is 11.6 Å². The van der Waals surface area contributed by atoms with Crippen LogP contribution in [-0.4, -0.2) is 54.0 Å². The summed E-state index contributed by atoms with van der Waals surface area (Å²) in [6, 6.07) is 8.26. The first-order valence-electron chi connectivity index (χ1n) is 12.1. The molecule has 2 aromatic rings. The second-order valence-electron chi connectivity index (χ2n) is 10.1. The number of hydroxylamine groups is 2. The Hall–Kier alpha value is -3.67. The fourth-order valence-electron chi connectivity index (χ4n) is 4.26. The monoisotopic (exact) mass is 573 g/mol. The van der Waals surface area contributed by atoms with Gasteiger partial charge in [-0.1, -0.05) is 50.6 Å². The summed E-state index contributed by atoms with van der Waals surface area (Å²) in [7, 11) is -4.16. The lowest BCUT2D eigenvalue weighted by atomic mass is 9.87. The molecule has 4 rings (SSSR count). The van der Waals surface area contributed by atoms with Crippen LogP contribution in [0.25, 0.3) is 0 Å². The molecule has 1 atom stereocenters. The Morgan fingerprint density at radius 3 is 2.28 bits per heavy atom. The summed E-state index contributed by atoms with van der Waals surface area (Å²) in [6.45, 7) is 9.15. The number of carbonyl (C=O) groups excluding carboxylic acids is 3. The van der Waals surface area contributed by atoms with Gasteiger partial charge >= 0.3 is 5.97 Å².